The Bertz CT molecular complexity index is 626. The molecule has 0 aromatic heterocycles. The van der Waals surface area contributed by atoms with Crippen LogP contribution in [0.4, 0.5) is 0 Å². The van der Waals surface area contributed by atoms with Gasteiger partial charge in [-0.1, -0.05) is 29.8 Å². The molecule has 21 heavy (non-hydrogen) atoms. The van der Waals surface area contributed by atoms with Gasteiger partial charge in [0.1, 0.15) is 5.75 Å². The van der Waals surface area contributed by atoms with Gasteiger partial charge in [0, 0.05) is 17.6 Å². The fourth-order valence-corrected chi connectivity index (χ4v) is 3.15. The normalized spacial score (nSPS) is 16.8. The molecule has 3 heteroatoms. The van der Waals surface area contributed by atoms with Crippen LogP contribution in [0.1, 0.15) is 36.1 Å². The highest BCUT2D eigenvalue weighted by Gasteiger charge is 2.21. The lowest BCUT2D eigenvalue weighted by molar-refractivity contribution is 0.339. The molecule has 0 saturated heterocycles. The zero-order valence-corrected chi connectivity index (χ0v) is 13.0. The lowest BCUT2D eigenvalue weighted by atomic mass is 10.1. The average molecular weight is 302 g/mol. The second kappa shape index (κ2) is 6.50. The van der Waals surface area contributed by atoms with Crippen LogP contribution in [0.5, 0.6) is 5.75 Å². The van der Waals surface area contributed by atoms with Crippen LogP contribution in [-0.4, -0.2) is 6.61 Å². The van der Waals surface area contributed by atoms with E-state index in [-0.39, 0.29) is 0 Å². The monoisotopic (exact) mass is 301 g/mol. The van der Waals surface area contributed by atoms with E-state index in [0.29, 0.717) is 12.6 Å². The number of benzene rings is 2. The maximum absolute atomic E-state index is 6.06. The fraction of sp³-hybridized carbons (Fsp3) is 0.333. The summed E-state index contributed by atoms with van der Waals surface area (Å²) in [5.74, 6) is 0.940. The van der Waals surface area contributed by atoms with Crippen LogP contribution >= 0.6 is 11.6 Å². The zero-order chi connectivity index (χ0) is 14.7. The minimum Gasteiger partial charge on any atom is -0.494 e. The molecule has 0 fully saturated rings. The molecule has 0 spiro atoms. The van der Waals surface area contributed by atoms with Gasteiger partial charge in [0.05, 0.1) is 6.61 Å². The van der Waals surface area contributed by atoms with Crippen molar-refractivity contribution in [3.8, 4) is 5.75 Å². The average Bonchev–Trinajstić information content (AvgIpc) is 2.88. The van der Waals surface area contributed by atoms with Crippen molar-refractivity contribution in [1.29, 1.82) is 0 Å². The fourth-order valence-electron chi connectivity index (χ4n) is 2.95. The highest BCUT2D eigenvalue weighted by Crippen LogP contribution is 2.33. The molecular weight excluding hydrogens is 282 g/mol. The molecule has 0 aliphatic heterocycles. The molecule has 1 aliphatic rings. The minimum absolute atomic E-state index is 0.424. The first-order valence-corrected chi connectivity index (χ1v) is 7.87. The lowest BCUT2D eigenvalue weighted by Gasteiger charge is -2.15. The summed E-state index contributed by atoms with van der Waals surface area (Å²) in [6.07, 6.45) is 2.24. The van der Waals surface area contributed by atoms with E-state index in [1.165, 1.54) is 16.7 Å². The summed E-state index contributed by atoms with van der Waals surface area (Å²) in [7, 11) is 0. The van der Waals surface area contributed by atoms with Crippen LogP contribution in [-0.2, 0) is 13.0 Å². The Balaban J connectivity index is 1.65. The van der Waals surface area contributed by atoms with Gasteiger partial charge < -0.3 is 10.1 Å². The van der Waals surface area contributed by atoms with Crippen molar-refractivity contribution in [3.05, 3.63) is 64.2 Å². The SMILES string of the molecule is CCOc1cccc(CNC2CCc3cc(Cl)ccc32)c1. The largest absolute Gasteiger partial charge is 0.494 e. The number of rotatable bonds is 5. The summed E-state index contributed by atoms with van der Waals surface area (Å²) in [6.45, 7) is 3.56. The predicted octanol–water partition coefficient (Wildman–Crippen LogP) is 4.52. The van der Waals surface area contributed by atoms with E-state index in [1.807, 2.05) is 25.1 Å². The predicted molar refractivity (Wildman–Crippen MR) is 87.0 cm³/mol. The van der Waals surface area contributed by atoms with Gasteiger partial charge in [-0.2, -0.15) is 0 Å². The van der Waals surface area contributed by atoms with Crippen LogP contribution < -0.4 is 10.1 Å². The molecule has 1 atom stereocenters. The molecule has 0 bridgehead atoms. The molecule has 0 saturated carbocycles. The summed E-state index contributed by atoms with van der Waals surface area (Å²) >= 11 is 6.06. The molecule has 1 unspecified atom stereocenters. The van der Waals surface area contributed by atoms with Gasteiger partial charge in [-0.3, -0.25) is 0 Å². The summed E-state index contributed by atoms with van der Waals surface area (Å²) in [5.41, 5.74) is 4.02. The smallest absolute Gasteiger partial charge is 0.119 e. The Labute approximate surface area is 131 Å². The first kappa shape index (κ1) is 14.4. The van der Waals surface area contributed by atoms with Crippen LogP contribution in [0.3, 0.4) is 0 Å². The molecule has 0 amide bonds. The number of hydrogen-bond acceptors (Lipinski definition) is 2. The van der Waals surface area contributed by atoms with Crippen molar-refractivity contribution in [2.24, 2.45) is 0 Å². The quantitative estimate of drug-likeness (QED) is 0.877. The Morgan fingerprint density at radius 3 is 3.00 bits per heavy atom. The Hall–Kier alpha value is -1.51. The van der Waals surface area contributed by atoms with Crippen molar-refractivity contribution < 1.29 is 4.74 Å². The molecule has 3 rings (SSSR count). The molecule has 1 N–H and O–H groups in total. The number of fused-ring (bicyclic) bond motifs is 1. The third-order valence-corrected chi connectivity index (χ3v) is 4.18. The molecular formula is C18H20ClNO. The number of hydrogen-bond donors (Lipinski definition) is 1. The second-order valence-corrected chi connectivity index (χ2v) is 5.83. The maximum atomic E-state index is 6.06. The van der Waals surface area contributed by atoms with E-state index in [0.717, 1.165) is 30.2 Å². The van der Waals surface area contributed by atoms with Gasteiger partial charge >= 0.3 is 0 Å². The summed E-state index contributed by atoms with van der Waals surface area (Å²) in [5, 5.41) is 4.48. The molecule has 110 valence electrons. The number of halogens is 1. The Kier molecular flexibility index (Phi) is 4.47. The summed E-state index contributed by atoms with van der Waals surface area (Å²) in [6, 6.07) is 14.9. The van der Waals surface area contributed by atoms with Crippen LogP contribution in [0.25, 0.3) is 0 Å². The molecule has 2 aromatic carbocycles. The zero-order valence-electron chi connectivity index (χ0n) is 12.2. The highest BCUT2D eigenvalue weighted by molar-refractivity contribution is 6.30. The molecule has 1 aliphatic carbocycles. The number of aryl methyl sites for hydroxylation is 1. The van der Waals surface area contributed by atoms with E-state index in [2.05, 4.69) is 29.6 Å². The van der Waals surface area contributed by atoms with Crippen LogP contribution in [0, 0.1) is 0 Å². The van der Waals surface area contributed by atoms with Crippen molar-refractivity contribution in [1.82, 2.24) is 5.32 Å². The van der Waals surface area contributed by atoms with Gasteiger partial charge in [0.15, 0.2) is 0 Å². The van der Waals surface area contributed by atoms with Gasteiger partial charge in [0.25, 0.3) is 0 Å². The molecule has 2 nitrogen and oxygen atoms in total. The van der Waals surface area contributed by atoms with Gasteiger partial charge in [-0.05, 0) is 60.7 Å². The number of nitrogens with one attached hydrogen (secondary N) is 1. The van der Waals surface area contributed by atoms with E-state index in [9.17, 15) is 0 Å². The maximum Gasteiger partial charge on any atom is 0.119 e. The van der Waals surface area contributed by atoms with E-state index in [4.69, 9.17) is 16.3 Å². The minimum atomic E-state index is 0.424. The van der Waals surface area contributed by atoms with Crippen molar-refractivity contribution >= 4 is 11.6 Å². The van der Waals surface area contributed by atoms with E-state index in [1.54, 1.807) is 0 Å². The van der Waals surface area contributed by atoms with Crippen LogP contribution in [0.2, 0.25) is 5.02 Å². The van der Waals surface area contributed by atoms with Crippen molar-refractivity contribution in [3.63, 3.8) is 0 Å². The highest BCUT2D eigenvalue weighted by atomic mass is 35.5. The van der Waals surface area contributed by atoms with Gasteiger partial charge in [0.2, 0.25) is 0 Å². The summed E-state index contributed by atoms with van der Waals surface area (Å²) in [4.78, 5) is 0. The van der Waals surface area contributed by atoms with E-state index < -0.39 is 0 Å². The lowest BCUT2D eigenvalue weighted by Crippen LogP contribution is -2.18. The second-order valence-electron chi connectivity index (χ2n) is 5.40. The standard InChI is InChI=1S/C18H20ClNO/c1-2-21-16-5-3-4-13(10-16)12-20-18-9-6-14-11-15(19)7-8-17(14)18/h3-5,7-8,10-11,18,20H,2,6,9,12H2,1H3. The Morgan fingerprint density at radius 1 is 1.24 bits per heavy atom. The first-order valence-electron chi connectivity index (χ1n) is 7.49. The summed E-state index contributed by atoms with van der Waals surface area (Å²) < 4.78 is 5.55. The number of ether oxygens (including phenoxy) is 1. The molecule has 0 heterocycles. The topological polar surface area (TPSA) is 21.3 Å². The third-order valence-electron chi connectivity index (χ3n) is 3.94. The molecule has 0 radical (unpaired) electrons. The first-order chi connectivity index (χ1) is 10.3. The third kappa shape index (κ3) is 3.39. The van der Waals surface area contributed by atoms with Crippen molar-refractivity contribution in [2.75, 3.05) is 6.61 Å². The van der Waals surface area contributed by atoms with Crippen molar-refractivity contribution in [2.45, 2.75) is 32.4 Å². The van der Waals surface area contributed by atoms with Gasteiger partial charge in [-0.25, -0.2) is 0 Å². The van der Waals surface area contributed by atoms with Gasteiger partial charge in [-0.15, -0.1) is 0 Å². The van der Waals surface area contributed by atoms with E-state index >= 15 is 0 Å². The molecule has 2 aromatic rings. The van der Waals surface area contributed by atoms with Crippen LogP contribution in [0.15, 0.2) is 42.5 Å². The Morgan fingerprint density at radius 2 is 2.14 bits per heavy atom.